The first kappa shape index (κ1) is 29.3. The highest BCUT2D eigenvalue weighted by Crippen LogP contribution is 2.32. The normalized spacial score (nSPS) is 14.6. The number of fused-ring (bicyclic) bond motifs is 1. The van der Waals surface area contributed by atoms with Crippen LogP contribution in [0.5, 0.6) is 5.75 Å². The lowest BCUT2D eigenvalue weighted by molar-refractivity contribution is -0.138. The van der Waals surface area contributed by atoms with Crippen molar-refractivity contribution in [3.8, 4) is 22.7 Å². The average molecular weight is 668 g/mol. The predicted octanol–water partition coefficient (Wildman–Crippen LogP) is 5.59. The van der Waals surface area contributed by atoms with Crippen LogP contribution in [-0.4, -0.2) is 34.0 Å². The number of benzene rings is 3. The summed E-state index contributed by atoms with van der Waals surface area (Å²) in [4.78, 5) is 32.7. The zero-order chi connectivity index (χ0) is 30.8. The summed E-state index contributed by atoms with van der Waals surface area (Å²) in [6, 6.07) is 24.2. The minimum atomic E-state index is -0.741. The van der Waals surface area contributed by atoms with Gasteiger partial charge in [-0.1, -0.05) is 82.4 Å². The van der Waals surface area contributed by atoms with Gasteiger partial charge in [0.2, 0.25) is 0 Å². The molecule has 8 nitrogen and oxygen atoms in total. The van der Waals surface area contributed by atoms with Gasteiger partial charge in [-0.15, -0.1) is 0 Å². The van der Waals surface area contributed by atoms with Gasteiger partial charge < -0.3 is 9.47 Å². The summed E-state index contributed by atoms with van der Waals surface area (Å²) >= 11 is 4.77. The molecule has 0 aliphatic carbocycles. The molecule has 220 valence electrons. The molecule has 1 atom stereocenters. The van der Waals surface area contributed by atoms with Crippen LogP contribution in [0, 0.1) is 0 Å². The number of ether oxygens (including phenoxy) is 2. The van der Waals surface area contributed by atoms with E-state index in [1.165, 1.54) is 17.4 Å². The molecule has 1 unspecified atom stereocenters. The molecular weight excluding hydrogens is 640 g/mol. The van der Waals surface area contributed by atoms with Gasteiger partial charge in [-0.3, -0.25) is 9.36 Å². The zero-order valence-corrected chi connectivity index (χ0v) is 26.3. The maximum absolute atomic E-state index is 14.2. The Morgan fingerprint density at radius 2 is 1.80 bits per heavy atom. The summed E-state index contributed by atoms with van der Waals surface area (Å²) in [6.07, 6.45) is 5.26. The molecule has 0 amide bonds. The number of methoxy groups -OCH3 is 1. The highest BCUT2D eigenvalue weighted by atomic mass is 79.9. The van der Waals surface area contributed by atoms with Gasteiger partial charge in [0.25, 0.3) is 5.56 Å². The van der Waals surface area contributed by atoms with Gasteiger partial charge in [0.05, 0.1) is 40.3 Å². The van der Waals surface area contributed by atoms with E-state index < -0.39 is 12.0 Å². The molecule has 0 radical (unpaired) electrons. The van der Waals surface area contributed by atoms with Crippen molar-refractivity contribution in [2.45, 2.75) is 13.0 Å². The monoisotopic (exact) mass is 666 g/mol. The van der Waals surface area contributed by atoms with Gasteiger partial charge in [0.15, 0.2) is 4.80 Å². The third-order valence-corrected chi connectivity index (χ3v) is 8.68. The second-order valence-electron chi connectivity index (χ2n) is 9.96. The summed E-state index contributed by atoms with van der Waals surface area (Å²) in [5.41, 5.74) is 4.53. The van der Waals surface area contributed by atoms with E-state index in [9.17, 15) is 9.59 Å². The number of esters is 1. The summed E-state index contributed by atoms with van der Waals surface area (Å²) in [5.74, 6) is 0.108. The molecule has 3 aromatic carbocycles. The van der Waals surface area contributed by atoms with Crippen molar-refractivity contribution < 1.29 is 14.3 Å². The average Bonchev–Trinajstić information content (AvgIpc) is 3.60. The number of nitrogens with zero attached hydrogens (tertiary/aromatic N) is 4. The Kier molecular flexibility index (Phi) is 8.28. The molecule has 44 heavy (non-hydrogen) atoms. The number of para-hydroxylation sites is 1. The molecule has 2 aromatic heterocycles. The molecule has 6 rings (SSSR count). The fourth-order valence-electron chi connectivity index (χ4n) is 5.08. The highest BCUT2D eigenvalue weighted by Gasteiger charge is 2.33. The van der Waals surface area contributed by atoms with Crippen molar-refractivity contribution in [2.75, 3.05) is 13.7 Å². The van der Waals surface area contributed by atoms with E-state index in [0.29, 0.717) is 26.4 Å². The summed E-state index contributed by atoms with van der Waals surface area (Å²) in [7, 11) is 1.59. The number of aromatic nitrogens is 3. The molecule has 1 aliphatic heterocycles. The van der Waals surface area contributed by atoms with Crippen LogP contribution in [0.2, 0.25) is 0 Å². The Morgan fingerprint density at radius 3 is 2.48 bits per heavy atom. The smallest absolute Gasteiger partial charge is 0.338 e. The van der Waals surface area contributed by atoms with Crippen LogP contribution in [0.3, 0.4) is 0 Å². The van der Waals surface area contributed by atoms with E-state index in [1.54, 1.807) is 35.4 Å². The molecule has 5 aromatic rings. The fraction of sp³-hybridized carbons (Fsp3) is 0.118. The van der Waals surface area contributed by atoms with Crippen LogP contribution in [0.1, 0.15) is 24.1 Å². The first-order valence-electron chi connectivity index (χ1n) is 13.7. The molecule has 0 bridgehead atoms. The van der Waals surface area contributed by atoms with Crippen molar-refractivity contribution in [3.05, 3.63) is 144 Å². The maximum Gasteiger partial charge on any atom is 0.338 e. The lowest BCUT2D eigenvalue weighted by atomic mass is 9.96. The van der Waals surface area contributed by atoms with Crippen molar-refractivity contribution in [2.24, 2.45) is 4.99 Å². The highest BCUT2D eigenvalue weighted by molar-refractivity contribution is 9.10. The van der Waals surface area contributed by atoms with E-state index in [-0.39, 0.29) is 12.2 Å². The first-order chi connectivity index (χ1) is 21.4. The van der Waals surface area contributed by atoms with Crippen molar-refractivity contribution in [3.63, 3.8) is 0 Å². The molecule has 10 heteroatoms. The van der Waals surface area contributed by atoms with Crippen LogP contribution in [0.25, 0.3) is 23.0 Å². The standard InChI is InChI=1S/C34H27BrN4O4S/c1-4-18-43-33(41)29-21(2)36-34-39(31(29)23-12-16-27(42-3)17-13-23)32(40)28(44-34)19-24-20-38(26-8-6-5-7-9-26)37-30(24)22-10-14-25(35)15-11-22/h4-17,19-20,31H,1,18H2,2-3H3/b28-19+. The number of halogens is 1. The predicted molar refractivity (Wildman–Crippen MR) is 175 cm³/mol. The molecule has 1 aliphatic rings. The second kappa shape index (κ2) is 12.4. The fourth-order valence-corrected chi connectivity index (χ4v) is 6.38. The Bertz CT molecular complexity index is 2080. The molecule has 0 fully saturated rings. The lowest BCUT2D eigenvalue weighted by Crippen LogP contribution is -2.39. The van der Waals surface area contributed by atoms with Crippen LogP contribution in [0.15, 0.2) is 123 Å². The van der Waals surface area contributed by atoms with Gasteiger partial charge in [-0.2, -0.15) is 5.10 Å². The van der Waals surface area contributed by atoms with E-state index >= 15 is 0 Å². The number of hydrogen-bond acceptors (Lipinski definition) is 7. The van der Waals surface area contributed by atoms with Gasteiger partial charge in [-0.05, 0) is 55.0 Å². The summed E-state index contributed by atoms with van der Waals surface area (Å²) in [5, 5.41) is 4.90. The first-order valence-corrected chi connectivity index (χ1v) is 15.3. The molecule has 0 spiro atoms. The molecule has 0 saturated carbocycles. The number of carbonyl (C=O) groups is 1. The van der Waals surface area contributed by atoms with E-state index in [1.807, 2.05) is 79.0 Å². The third-order valence-electron chi connectivity index (χ3n) is 7.17. The van der Waals surface area contributed by atoms with Crippen molar-refractivity contribution in [1.29, 1.82) is 0 Å². The quantitative estimate of drug-likeness (QED) is 0.159. The Hall–Kier alpha value is -4.80. The van der Waals surface area contributed by atoms with Crippen LogP contribution < -0.4 is 19.6 Å². The second-order valence-corrected chi connectivity index (χ2v) is 11.9. The summed E-state index contributed by atoms with van der Waals surface area (Å²) < 4.78 is 15.6. The van der Waals surface area contributed by atoms with Gasteiger partial charge >= 0.3 is 5.97 Å². The van der Waals surface area contributed by atoms with E-state index in [0.717, 1.165) is 32.5 Å². The Balaban J connectivity index is 1.54. The molecular formula is C34H27BrN4O4S. The van der Waals surface area contributed by atoms with Gasteiger partial charge in [0, 0.05) is 21.8 Å². The van der Waals surface area contributed by atoms with E-state index in [2.05, 4.69) is 22.5 Å². The SMILES string of the molecule is C=CCOC(=O)C1=C(C)N=c2s/c(=C/c3cn(-c4ccccc4)nc3-c3ccc(Br)cc3)c(=O)n2C1c1ccc(OC)cc1. The topological polar surface area (TPSA) is 87.7 Å². The van der Waals surface area contributed by atoms with Crippen LogP contribution in [-0.2, 0) is 9.53 Å². The molecule has 3 heterocycles. The Labute approximate surface area is 265 Å². The molecule has 0 saturated heterocycles. The third kappa shape index (κ3) is 5.61. The minimum Gasteiger partial charge on any atom is -0.497 e. The van der Waals surface area contributed by atoms with Crippen molar-refractivity contribution >= 4 is 39.3 Å². The van der Waals surface area contributed by atoms with E-state index in [4.69, 9.17) is 19.6 Å². The Morgan fingerprint density at radius 1 is 1.07 bits per heavy atom. The number of hydrogen-bond donors (Lipinski definition) is 0. The number of rotatable bonds is 8. The minimum absolute atomic E-state index is 0.0413. The maximum atomic E-state index is 14.2. The van der Waals surface area contributed by atoms with Crippen LogP contribution >= 0.6 is 27.3 Å². The van der Waals surface area contributed by atoms with Gasteiger partial charge in [0.1, 0.15) is 12.4 Å². The number of thiazole rings is 1. The number of carbonyl (C=O) groups excluding carboxylic acids is 1. The molecule has 0 N–H and O–H groups in total. The zero-order valence-electron chi connectivity index (χ0n) is 23.9. The number of allylic oxidation sites excluding steroid dienone is 1. The van der Waals surface area contributed by atoms with Crippen LogP contribution in [0.4, 0.5) is 0 Å². The summed E-state index contributed by atoms with van der Waals surface area (Å²) in [6.45, 7) is 5.44. The lowest BCUT2D eigenvalue weighted by Gasteiger charge is -2.24. The van der Waals surface area contributed by atoms with Gasteiger partial charge in [-0.25, -0.2) is 14.5 Å². The van der Waals surface area contributed by atoms with Crippen molar-refractivity contribution in [1.82, 2.24) is 14.3 Å². The largest absolute Gasteiger partial charge is 0.497 e.